The number of ether oxygens (including phenoxy) is 2. The summed E-state index contributed by atoms with van der Waals surface area (Å²) in [6.45, 7) is 10.2. The standard InChI is InChI=1S/C22H27NO3/c1-14-6-7-18-19(12-22(4,5)26-20(18)11-14)23-21(24)13-25-17-9-15(2)8-16(3)10-17/h6-11,19H,12-13H2,1-5H3,(H,23,24)/t19-/m1/s1. The summed E-state index contributed by atoms with van der Waals surface area (Å²) in [6, 6.07) is 12.0. The van der Waals surface area contributed by atoms with Crippen molar-refractivity contribution in [3.05, 3.63) is 58.7 Å². The first-order chi connectivity index (χ1) is 12.2. The van der Waals surface area contributed by atoms with Crippen LogP contribution in [0.15, 0.2) is 36.4 Å². The zero-order chi connectivity index (χ0) is 18.9. The molecule has 0 aromatic heterocycles. The van der Waals surface area contributed by atoms with Gasteiger partial charge in [-0.1, -0.05) is 18.2 Å². The number of hydrogen-bond donors (Lipinski definition) is 1. The smallest absolute Gasteiger partial charge is 0.258 e. The molecule has 1 N–H and O–H groups in total. The molecule has 0 bridgehead atoms. The summed E-state index contributed by atoms with van der Waals surface area (Å²) in [4.78, 5) is 12.5. The van der Waals surface area contributed by atoms with Gasteiger partial charge in [-0.25, -0.2) is 0 Å². The quantitative estimate of drug-likeness (QED) is 0.886. The van der Waals surface area contributed by atoms with Crippen LogP contribution in [0.5, 0.6) is 11.5 Å². The minimum absolute atomic E-state index is 0.00186. The van der Waals surface area contributed by atoms with Gasteiger partial charge in [-0.3, -0.25) is 4.79 Å². The average Bonchev–Trinajstić information content (AvgIpc) is 2.50. The molecule has 0 spiro atoms. The minimum atomic E-state index is -0.326. The summed E-state index contributed by atoms with van der Waals surface area (Å²) in [7, 11) is 0. The fourth-order valence-corrected chi connectivity index (χ4v) is 3.49. The highest BCUT2D eigenvalue weighted by Gasteiger charge is 2.34. The van der Waals surface area contributed by atoms with E-state index in [2.05, 4.69) is 11.4 Å². The number of carbonyl (C=O) groups is 1. The summed E-state index contributed by atoms with van der Waals surface area (Å²) < 4.78 is 11.8. The number of aryl methyl sites for hydroxylation is 3. The van der Waals surface area contributed by atoms with Crippen molar-refractivity contribution in [1.82, 2.24) is 5.32 Å². The molecule has 0 saturated carbocycles. The van der Waals surface area contributed by atoms with E-state index >= 15 is 0 Å². The third-order valence-corrected chi connectivity index (χ3v) is 4.53. The Balaban J connectivity index is 1.69. The first-order valence-corrected chi connectivity index (χ1v) is 9.02. The molecule has 3 rings (SSSR count). The highest BCUT2D eigenvalue weighted by molar-refractivity contribution is 5.78. The zero-order valence-electron chi connectivity index (χ0n) is 16.2. The molecule has 1 atom stereocenters. The molecule has 1 aliphatic rings. The van der Waals surface area contributed by atoms with Crippen molar-refractivity contribution in [2.45, 2.75) is 52.7 Å². The van der Waals surface area contributed by atoms with Crippen molar-refractivity contribution >= 4 is 5.91 Å². The minimum Gasteiger partial charge on any atom is -0.487 e. The molecular weight excluding hydrogens is 326 g/mol. The molecule has 1 heterocycles. The topological polar surface area (TPSA) is 47.6 Å². The molecular formula is C22H27NO3. The van der Waals surface area contributed by atoms with Gasteiger partial charge in [0.15, 0.2) is 6.61 Å². The number of hydrogen-bond acceptors (Lipinski definition) is 3. The van der Waals surface area contributed by atoms with Crippen LogP contribution in [0.25, 0.3) is 0 Å². The number of nitrogens with one attached hydrogen (secondary N) is 1. The van der Waals surface area contributed by atoms with Gasteiger partial charge in [-0.05, 0) is 69.5 Å². The van der Waals surface area contributed by atoms with Crippen LogP contribution in [0.2, 0.25) is 0 Å². The maximum atomic E-state index is 12.5. The molecule has 26 heavy (non-hydrogen) atoms. The van der Waals surface area contributed by atoms with Crippen LogP contribution in [0.4, 0.5) is 0 Å². The molecule has 138 valence electrons. The Morgan fingerprint density at radius 2 is 1.81 bits per heavy atom. The molecule has 0 saturated heterocycles. The SMILES string of the molecule is Cc1cc(C)cc(OCC(=O)N[C@@H]2CC(C)(C)Oc3cc(C)ccc32)c1. The van der Waals surface area contributed by atoms with Crippen LogP contribution >= 0.6 is 0 Å². The van der Waals surface area contributed by atoms with Crippen molar-refractivity contribution < 1.29 is 14.3 Å². The summed E-state index contributed by atoms with van der Waals surface area (Å²) in [5.74, 6) is 1.45. The molecule has 2 aromatic carbocycles. The van der Waals surface area contributed by atoms with Crippen LogP contribution in [0, 0.1) is 20.8 Å². The largest absolute Gasteiger partial charge is 0.487 e. The van der Waals surface area contributed by atoms with Gasteiger partial charge >= 0.3 is 0 Å². The predicted octanol–water partition coefficient (Wildman–Crippen LogP) is 4.41. The number of amides is 1. The lowest BCUT2D eigenvalue weighted by atomic mass is 9.89. The second-order valence-corrected chi connectivity index (χ2v) is 7.84. The van der Waals surface area contributed by atoms with Crippen LogP contribution in [-0.4, -0.2) is 18.1 Å². The van der Waals surface area contributed by atoms with Crippen molar-refractivity contribution in [3.63, 3.8) is 0 Å². The molecule has 4 nitrogen and oxygen atoms in total. The number of rotatable bonds is 4. The molecule has 1 aliphatic heterocycles. The third kappa shape index (κ3) is 4.37. The molecule has 0 radical (unpaired) electrons. The van der Waals surface area contributed by atoms with Gasteiger partial charge < -0.3 is 14.8 Å². The Morgan fingerprint density at radius 1 is 1.12 bits per heavy atom. The lowest BCUT2D eigenvalue weighted by molar-refractivity contribution is -0.124. The normalized spacial score (nSPS) is 17.8. The molecule has 0 fully saturated rings. The molecule has 0 aliphatic carbocycles. The van der Waals surface area contributed by atoms with Crippen molar-refractivity contribution in [2.24, 2.45) is 0 Å². The van der Waals surface area contributed by atoms with E-state index < -0.39 is 0 Å². The van der Waals surface area contributed by atoms with E-state index in [1.165, 1.54) is 0 Å². The Bertz CT molecular complexity index is 806. The van der Waals surface area contributed by atoms with Gasteiger partial charge in [0.1, 0.15) is 17.1 Å². The van der Waals surface area contributed by atoms with Gasteiger partial charge in [0.25, 0.3) is 5.91 Å². The first kappa shape index (κ1) is 18.3. The lowest BCUT2D eigenvalue weighted by Gasteiger charge is -2.38. The van der Waals surface area contributed by atoms with Gasteiger partial charge in [0, 0.05) is 12.0 Å². The van der Waals surface area contributed by atoms with Crippen molar-refractivity contribution in [1.29, 1.82) is 0 Å². The molecule has 1 amide bonds. The molecule has 4 heteroatoms. The Kier molecular flexibility index (Phi) is 4.94. The summed E-state index contributed by atoms with van der Waals surface area (Å²) in [6.07, 6.45) is 0.721. The second kappa shape index (κ2) is 7.02. The predicted molar refractivity (Wildman–Crippen MR) is 103 cm³/mol. The summed E-state index contributed by atoms with van der Waals surface area (Å²) >= 11 is 0. The van der Waals surface area contributed by atoms with E-state index in [4.69, 9.17) is 9.47 Å². The Morgan fingerprint density at radius 3 is 2.50 bits per heavy atom. The van der Waals surface area contributed by atoms with Crippen LogP contribution in [0.3, 0.4) is 0 Å². The first-order valence-electron chi connectivity index (χ1n) is 9.02. The fraction of sp³-hybridized carbons (Fsp3) is 0.409. The molecule has 2 aromatic rings. The van der Waals surface area contributed by atoms with Gasteiger partial charge in [0.2, 0.25) is 0 Å². The lowest BCUT2D eigenvalue weighted by Crippen LogP contribution is -2.42. The highest BCUT2D eigenvalue weighted by Crippen LogP contribution is 2.39. The van der Waals surface area contributed by atoms with E-state index in [0.717, 1.165) is 40.2 Å². The highest BCUT2D eigenvalue weighted by atomic mass is 16.5. The van der Waals surface area contributed by atoms with Gasteiger partial charge in [0.05, 0.1) is 6.04 Å². The van der Waals surface area contributed by atoms with E-state index in [-0.39, 0.29) is 24.2 Å². The average molecular weight is 353 g/mol. The van der Waals surface area contributed by atoms with Crippen LogP contribution < -0.4 is 14.8 Å². The summed E-state index contributed by atoms with van der Waals surface area (Å²) in [5.41, 5.74) is 4.08. The Labute approximate surface area is 155 Å². The van der Waals surface area contributed by atoms with Gasteiger partial charge in [-0.15, -0.1) is 0 Å². The van der Waals surface area contributed by atoms with Gasteiger partial charge in [-0.2, -0.15) is 0 Å². The second-order valence-electron chi connectivity index (χ2n) is 7.84. The zero-order valence-corrected chi connectivity index (χ0v) is 16.2. The number of carbonyl (C=O) groups excluding carboxylic acids is 1. The van der Waals surface area contributed by atoms with Crippen LogP contribution in [0.1, 0.15) is 48.6 Å². The number of benzene rings is 2. The summed E-state index contributed by atoms with van der Waals surface area (Å²) in [5, 5.41) is 3.11. The monoisotopic (exact) mass is 353 g/mol. The van der Waals surface area contributed by atoms with Crippen molar-refractivity contribution in [3.8, 4) is 11.5 Å². The van der Waals surface area contributed by atoms with E-state index in [1.54, 1.807) is 0 Å². The maximum Gasteiger partial charge on any atom is 0.258 e. The number of fused-ring (bicyclic) bond motifs is 1. The third-order valence-electron chi connectivity index (χ3n) is 4.53. The van der Waals surface area contributed by atoms with E-state index in [1.807, 2.05) is 65.0 Å². The molecule has 0 unspecified atom stereocenters. The van der Waals surface area contributed by atoms with Crippen molar-refractivity contribution in [2.75, 3.05) is 6.61 Å². The van der Waals surface area contributed by atoms with E-state index in [0.29, 0.717) is 0 Å². The van der Waals surface area contributed by atoms with E-state index in [9.17, 15) is 4.79 Å². The fourth-order valence-electron chi connectivity index (χ4n) is 3.49. The maximum absolute atomic E-state index is 12.5. The Hall–Kier alpha value is -2.49. The van der Waals surface area contributed by atoms with Crippen LogP contribution in [-0.2, 0) is 4.79 Å².